The molecule has 0 radical (unpaired) electrons. The molecule has 2 aliphatic heterocycles. The van der Waals surface area contributed by atoms with Crippen molar-refractivity contribution in [3.8, 4) is 0 Å². The first kappa shape index (κ1) is 22.5. The maximum atomic E-state index is 14.3. The van der Waals surface area contributed by atoms with Crippen molar-refractivity contribution in [1.29, 1.82) is 0 Å². The van der Waals surface area contributed by atoms with Crippen molar-refractivity contribution in [2.45, 2.75) is 38.0 Å². The molecule has 10 heteroatoms. The van der Waals surface area contributed by atoms with Crippen LogP contribution in [0.15, 0.2) is 36.4 Å². The Balaban J connectivity index is 1.23. The number of rotatable bonds is 4. The van der Waals surface area contributed by atoms with Gasteiger partial charge in [0, 0.05) is 37.9 Å². The third kappa shape index (κ3) is 4.53. The number of alkyl halides is 3. The van der Waals surface area contributed by atoms with Gasteiger partial charge in [-0.1, -0.05) is 12.1 Å². The summed E-state index contributed by atoms with van der Waals surface area (Å²) in [6.07, 6.45) is -2.06. The summed E-state index contributed by atoms with van der Waals surface area (Å²) in [7, 11) is 0. The maximum Gasteiger partial charge on any atom is 0.416 e. The SMILES string of the molecule is O=C(NC1CC1)N1CC(C(=O)N2CCc3c(cccc3Nc3ccc(C(F)(F)F)cc3F)C2)C1. The van der Waals surface area contributed by atoms with Gasteiger partial charge in [0.2, 0.25) is 5.91 Å². The van der Waals surface area contributed by atoms with Crippen molar-refractivity contribution in [2.75, 3.05) is 25.0 Å². The van der Waals surface area contributed by atoms with Gasteiger partial charge in [0.05, 0.1) is 17.2 Å². The van der Waals surface area contributed by atoms with E-state index >= 15 is 0 Å². The molecule has 1 saturated carbocycles. The van der Waals surface area contributed by atoms with Crippen LogP contribution in [0.5, 0.6) is 0 Å². The Hall–Kier alpha value is -3.30. The Morgan fingerprint density at radius 1 is 1.00 bits per heavy atom. The summed E-state index contributed by atoms with van der Waals surface area (Å²) < 4.78 is 52.7. The zero-order chi connectivity index (χ0) is 24.0. The molecule has 0 bridgehead atoms. The molecule has 2 aromatic carbocycles. The summed E-state index contributed by atoms with van der Waals surface area (Å²) in [6.45, 7) is 1.69. The van der Waals surface area contributed by atoms with Crippen molar-refractivity contribution < 1.29 is 27.2 Å². The molecular weight excluding hydrogens is 452 g/mol. The van der Waals surface area contributed by atoms with Gasteiger partial charge in [-0.2, -0.15) is 13.2 Å². The van der Waals surface area contributed by atoms with Crippen molar-refractivity contribution in [1.82, 2.24) is 15.1 Å². The van der Waals surface area contributed by atoms with E-state index in [1.165, 1.54) is 0 Å². The number of amides is 3. The minimum Gasteiger partial charge on any atom is -0.353 e. The number of carbonyl (C=O) groups is 2. The van der Waals surface area contributed by atoms with Crippen molar-refractivity contribution in [2.24, 2.45) is 5.92 Å². The van der Waals surface area contributed by atoms with E-state index in [0.29, 0.717) is 44.4 Å². The molecule has 5 rings (SSSR count). The van der Waals surface area contributed by atoms with Gasteiger partial charge in [0.15, 0.2) is 0 Å². The predicted octanol–water partition coefficient (Wildman–Crippen LogP) is 4.28. The molecule has 0 atom stereocenters. The van der Waals surface area contributed by atoms with Gasteiger partial charge in [-0.3, -0.25) is 4.79 Å². The number of benzene rings is 2. The standard InChI is InChI=1S/C24H24F4N4O2/c25-19-10-16(24(26,27)28)4-7-21(19)30-20-3-1-2-14-11-31(9-8-18(14)20)22(33)15-12-32(13-15)23(34)29-17-5-6-17/h1-4,7,10,15,17,30H,5-6,8-9,11-13H2,(H,29,34). The molecule has 34 heavy (non-hydrogen) atoms. The zero-order valence-corrected chi connectivity index (χ0v) is 18.3. The minimum atomic E-state index is -4.61. The van der Waals surface area contributed by atoms with Gasteiger partial charge >= 0.3 is 12.2 Å². The molecule has 2 heterocycles. The lowest BCUT2D eigenvalue weighted by Crippen LogP contribution is -2.59. The van der Waals surface area contributed by atoms with E-state index in [1.807, 2.05) is 6.07 Å². The predicted molar refractivity (Wildman–Crippen MR) is 117 cm³/mol. The number of halogens is 4. The summed E-state index contributed by atoms with van der Waals surface area (Å²) in [5.74, 6) is -1.19. The minimum absolute atomic E-state index is 0.00766. The van der Waals surface area contributed by atoms with Crippen LogP contribution in [0.3, 0.4) is 0 Å². The van der Waals surface area contributed by atoms with Crippen LogP contribution in [0.4, 0.5) is 33.7 Å². The third-order valence-electron chi connectivity index (χ3n) is 6.57. The average molecular weight is 476 g/mol. The second-order valence-corrected chi connectivity index (χ2v) is 9.10. The molecule has 0 unspecified atom stereocenters. The first-order chi connectivity index (χ1) is 16.2. The number of nitrogens with one attached hydrogen (secondary N) is 2. The van der Waals surface area contributed by atoms with Crippen LogP contribution >= 0.6 is 0 Å². The molecule has 1 saturated heterocycles. The quantitative estimate of drug-likeness (QED) is 0.648. The van der Waals surface area contributed by atoms with Gasteiger partial charge in [-0.05, 0) is 54.7 Å². The second-order valence-electron chi connectivity index (χ2n) is 9.10. The Kier molecular flexibility index (Phi) is 5.61. The molecule has 3 aliphatic rings. The largest absolute Gasteiger partial charge is 0.416 e. The van der Waals surface area contributed by atoms with Gasteiger partial charge in [0.25, 0.3) is 0 Å². The monoisotopic (exact) mass is 476 g/mol. The lowest BCUT2D eigenvalue weighted by Gasteiger charge is -2.41. The Morgan fingerprint density at radius 2 is 1.76 bits per heavy atom. The first-order valence-corrected chi connectivity index (χ1v) is 11.3. The normalized spacial score (nSPS) is 18.2. The number of urea groups is 1. The van der Waals surface area contributed by atoms with Crippen molar-refractivity contribution in [3.05, 3.63) is 58.9 Å². The molecule has 0 aromatic heterocycles. The summed E-state index contributed by atoms with van der Waals surface area (Å²) >= 11 is 0. The van der Waals surface area contributed by atoms with E-state index < -0.39 is 17.6 Å². The van der Waals surface area contributed by atoms with Crippen LogP contribution in [-0.2, 0) is 23.9 Å². The van der Waals surface area contributed by atoms with Gasteiger partial charge in [-0.25, -0.2) is 9.18 Å². The number of hydrogen-bond donors (Lipinski definition) is 2. The number of fused-ring (bicyclic) bond motifs is 1. The van der Waals surface area contributed by atoms with E-state index in [-0.39, 0.29) is 29.6 Å². The maximum absolute atomic E-state index is 14.3. The van der Waals surface area contributed by atoms with Gasteiger partial charge < -0.3 is 20.4 Å². The molecule has 2 aromatic rings. The summed E-state index contributed by atoms with van der Waals surface area (Å²) in [6, 6.07) is 7.97. The average Bonchev–Trinajstić information content (AvgIpc) is 3.57. The molecule has 180 valence electrons. The Bertz CT molecular complexity index is 1130. The van der Waals surface area contributed by atoms with Crippen molar-refractivity contribution >= 4 is 23.3 Å². The molecule has 6 nitrogen and oxygen atoms in total. The fraction of sp³-hybridized carbons (Fsp3) is 0.417. The lowest BCUT2D eigenvalue weighted by atomic mass is 9.94. The Labute approximate surface area is 193 Å². The number of carbonyl (C=O) groups excluding carboxylic acids is 2. The van der Waals surface area contributed by atoms with Crippen LogP contribution in [0.2, 0.25) is 0 Å². The van der Waals surface area contributed by atoms with E-state index in [0.717, 1.165) is 36.1 Å². The highest BCUT2D eigenvalue weighted by Gasteiger charge is 2.40. The fourth-order valence-corrected chi connectivity index (χ4v) is 4.40. The molecular formula is C24H24F4N4O2. The molecule has 0 spiro atoms. The number of hydrogen-bond acceptors (Lipinski definition) is 3. The fourth-order valence-electron chi connectivity index (χ4n) is 4.40. The van der Waals surface area contributed by atoms with Gasteiger partial charge in [-0.15, -0.1) is 0 Å². The highest BCUT2D eigenvalue weighted by atomic mass is 19.4. The van der Waals surface area contributed by atoms with Crippen LogP contribution in [-0.4, -0.2) is 47.4 Å². The van der Waals surface area contributed by atoms with E-state index in [2.05, 4.69) is 10.6 Å². The second kappa shape index (κ2) is 8.48. The third-order valence-corrected chi connectivity index (χ3v) is 6.57. The van der Waals surface area contributed by atoms with Crippen LogP contribution in [0, 0.1) is 11.7 Å². The van der Waals surface area contributed by atoms with Crippen LogP contribution in [0.1, 0.15) is 29.5 Å². The molecule has 2 N–H and O–H groups in total. The zero-order valence-electron chi connectivity index (χ0n) is 18.3. The van der Waals surface area contributed by atoms with E-state index in [4.69, 9.17) is 0 Å². The summed E-state index contributed by atoms with van der Waals surface area (Å²) in [5, 5.41) is 5.83. The number of anilines is 2. The molecule has 2 fully saturated rings. The molecule has 3 amide bonds. The van der Waals surface area contributed by atoms with E-state index in [1.54, 1.807) is 21.9 Å². The smallest absolute Gasteiger partial charge is 0.353 e. The highest BCUT2D eigenvalue weighted by molar-refractivity contribution is 5.84. The lowest BCUT2D eigenvalue weighted by molar-refractivity contribution is -0.140. The van der Waals surface area contributed by atoms with Crippen LogP contribution < -0.4 is 10.6 Å². The highest BCUT2D eigenvalue weighted by Crippen LogP contribution is 2.34. The number of nitrogens with zero attached hydrogens (tertiary/aromatic N) is 2. The molecule has 1 aliphatic carbocycles. The van der Waals surface area contributed by atoms with Crippen molar-refractivity contribution in [3.63, 3.8) is 0 Å². The number of likely N-dealkylation sites (tertiary alicyclic amines) is 1. The first-order valence-electron chi connectivity index (χ1n) is 11.3. The van der Waals surface area contributed by atoms with E-state index in [9.17, 15) is 27.2 Å². The summed E-state index contributed by atoms with van der Waals surface area (Å²) in [4.78, 5) is 28.4. The van der Waals surface area contributed by atoms with Crippen LogP contribution in [0.25, 0.3) is 0 Å². The topological polar surface area (TPSA) is 64.7 Å². The Morgan fingerprint density at radius 3 is 2.44 bits per heavy atom. The van der Waals surface area contributed by atoms with Gasteiger partial charge in [0.1, 0.15) is 5.82 Å². The summed E-state index contributed by atoms with van der Waals surface area (Å²) in [5.41, 5.74) is 1.33.